The van der Waals surface area contributed by atoms with Crippen LogP contribution < -0.4 is 11.1 Å². The molecule has 0 spiro atoms. The van der Waals surface area contributed by atoms with Crippen molar-refractivity contribution in [3.8, 4) is 0 Å². The summed E-state index contributed by atoms with van der Waals surface area (Å²) in [4.78, 5) is 25.5. The van der Waals surface area contributed by atoms with Crippen LogP contribution >= 0.6 is 0 Å². The molecule has 1 aliphatic rings. The predicted octanol–water partition coefficient (Wildman–Crippen LogP) is 2.61. The van der Waals surface area contributed by atoms with Gasteiger partial charge in [-0.1, -0.05) is 36.8 Å². The van der Waals surface area contributed by atoms with Crippen molar-refractivity contribution in [1.29, 1.82) is 0 Å². The summed E-state index contributed by atoms with van der Waals surface area (Å²) in [7, 11) is 0. The Morgan fingerprint density at radius 1 is 1.33 bits per heavy atom. The van der Waals surface area contributed by atoms with E-state index >= 15 is 0 Å². The molecular formula is C19H29N3O2. The maximum atomic E-state index is 12.5. The average molecular weight is 331 g/mol. The first kappa shape index (κ1) is 18.3. The molecule has 2 unspecified atom stereocenters. The number of carbonyl (C=O) groups is 2. The van der Waals surface area contributed by atoms with Gasteiger partial charge in [0, 0.05) is 25.6 Å². The molecule has 132 valence electrons. The largest absolute Gasteiger partial charge is 0.370 e. The van der Waals surface area contributed by atoms with Crippen molar-refractivity contribution < 1.29 is 9.59 Å². The standard InChI is InChI=1S/C19H29N3O2/c1-3-17(11-15-8-6-14(2)7-9-15)21-19(24)22-10-4-5-16(13-22)12-18(20)23/h6-9,16-17H,3-5,10-13H2,1-2H3,(H2,20,23)(H,21,24). The van der Waals surface area contributed by atoms with Gasteiger partial charge in [0.1, 0.15) is 0 Å². The van der Waals surface area contributed by atoms with Crippen LogP contribution in [0.25, 0.3) is 0 Å². The van der Waals surface area contributed by atoms with Gasteiger partial charge in [0.05, 0.1) is 0 Å². The number of nitrogens with one attached hydrogen (secondary N) is 1. The Labute approximate surface area is 144 Å². The molecule has 0 radical (unpaired) electrons. The molecule has 24 heavy (non-hydrogen) atoms. The Morgan fingerprint density at radius 2 is 2.04 bits per heavy atom. The third-order valence-electron chi connectivity index (χ3n) is 4.72. The van der Waals surface area contributed by atoms with E-state index in [0.29, 0.717) is 13.0 Å². The summed E-state index contributed by atoms with van der Waals surface area (Å²) in [5, 5.41) is 3.14. The first-order chi connectivity index (χ1) is 11.5. The first-order valence-electron chi connectivity index (χ1n) is 8.87. The number of nitrogens with two attached hydrogens (primary N) is 1. The van der Waals surface area contributed by atoms with Crippen LogP contribution in [0.5, 0.6) is 0 Å². The molecule has 1 heterocycles. The van der Waals surface area contributed by atoms with Crippen LogP contribution in [-0.2, 0) is 11.2 Å². The molecule has 1 saturated heterocycles. The highest BCUT2D eigenvalue weighted by molar-refractivity contribution is 5.76. The second kappa shape index (κ2) is 8.71. The molecular weight excluding hydrogens is 302 g/mol. The van der Waals surface area contributed by atoms with Crippen molar-refractivity contribution in [2.24, 2.45) is 11.7 Å². The quantitative estimate of drug-likeness (QED) is 0.841. The third kappa shape index (κ3) is 5.55. The van der Waals surface area contributed by atoms with Gasteiger partial charge in [-0.3, -0.25) is 4.79 Å². The maximum absolute atomic E-state index is 12.5. The molecule has 1 aliphatic heterocycles. The molecule has 0 saturated carbocycles. The number of primary amides is 1. The van der Waals surface area contributed by atoms with Crippen LogP contribution in [0.3, 0.4) is 0 Å². The van der Waals surface area contributed by atoms with Crippen LogP contribution in [0, 0.1) is 12.8 Å². The number of rotatable bonds is 6. The molecule has 5 heteroatoms. The zero-order valence-electron chi connectivity index (χ0n) is 14.8. The lowest BCUT2D eigenvalue weighted by Gasteiger charge is -2.33. The van der Waals surface area contributed by atoms with Crippen LogP contribution in [0.4, 0.5) is 4.79 Å². The molecule has 0 aliphatic carbocycles. The topological polar surface area (TPSA) is 75.4 Å². The third-order valence-corrected chi connectivity index (χ3v) is 4.72. The van der Waals surface area contributed by atoms with Gasteiger partial charge in [-0.2, -0.15) is 0 Å². The number of likely N-dealkylation sites (tertiary alicyclic amines) is 1. The number of urea groups is 1. The molecule has 1 aromatic rings. The molecule has 3 amide bonds. The number of carbonyl (C=O) groups excluding carboxylic acids is 2. The average Bonchev–Trinajstić information content (AvgIpc) is 2.55. The molecule has 1 fully saturated rings. The van der Waals surface area contributed by atoms with Crippen molar-refractivity contribution in [3.63, 3.8) is 0 Å². The number of aryl methyl sites for hydroxylation is 1. The maximum Gasteiger partial charge on any atom is 0.317 e. The van der Waals surface area contributed by atoms with Gasteiger partial charge < -0.3 is 16.0 Å². The summed E-state index contributed by atoms with van der Waals surface area (Å²) in [6.45, 7) is 5.53. The van der Waals surface area contributed by atoms with Gasteiger partial charge in [0.15, 0.2) is 0 Å². The second-order valence-corrected chi connectivity index (χ2v) is 6.87. The van der Waals surface area contributed by atoms with E-state index in [4.69, 9.17) is 5.73 Å². The highest BCUT2D eigenvalue weighted by Crippen LogP contribution is 2.19. The van der Waals surface area contributed by atoms with E-state index in [2.05, 4.69) is 43.4 Å². The van der Waals surface area contributed by atoms with E-state index in [1.54, 1.807) is 0 Å². The van der Waals surface area contributed by atoms with Gasteiger partial charge >= 0.3 is 6.03 Å². The SMILES string of the molecule is CCC(Cc1ccc(C)cc1)NC(=O)N1CCCC(CC(N)=O)C1. The van der Waals surface area contributed by atoms with Gasteiger partial charge in [-0.25, -0.2) is 4.79 Å². The van der Waals surface area contributed by atoms with Gasteiger partial charge in [0.2, 0.25) is 5.91 Å². The van der Waals surface area contributed by atoms with Crippen molar-refractivity contribution in [2.45, 2.75) is 52.0 Å². The van der Waals surface area contributed by atoms with Crippen LogP contribution in [0.15, 0.2) is 24.3 Å². The second-order valence-electron chi connectivity index (χ2n) is 6.87. The van der Waals surface area contributed by atoms with Crippen molar-refractivity contribution in [2.75, 3.05) is 13.1 Å². The first-order valence-corrected chi connectivity index (χ1v) is 8.87. The zero-order chi connectivity index (χ0) is 17.5. The van der Waals surface area contributed by atoms with E-state index in [1.165, 1.54) is 11.1 Å². The number of hydrogen-bond donors (Lipinski definition) is 2. The van der Waals surface area contributed by atoms with Gasteiger partial charge in [-0.05, 0) is 44.1 Å². The van der Waals surface area contributed by atoms with Crippen LogP contribution in [0.1, 0.15) is 43.7 Å². The van der Waals surface area contributed by atoms with E-state index in [-0.39, 0.29) is 23.9 Å². The molecule has 5 nitrogen and oxygen atoms in total. The summed E-state index contributed by atoms with van der Waals surface area (Å²) in [5.74, 6) is -0.0905. The van der Waals surface area contributed by atoms with E-state index in [0.717, 1.165) is 32.2 Å². The molecule has 1 aromatic carbocycles. The molecule has 0 aromatic heterocycles. The Hall–Kier alpha value is -2.04. The molecule has 2 rings (SSSR count). The zero-order valence-corrected chi connectivity index (χ0v) is 14.8. The number of hydrogen-bond acceptors (Lipinski definition) is 2. The highest BCUT2D eigenvalue weighted by Gasteiger charge is 2.25. The summed E-state index contributed by atoms with van der Waals surface area (Å²) in [5.41, 5.74) is 7.76. The number of piperidine rings is 1. The minimum Gasteiger partial charge on any atom is -0.370 e. The lowest BCUT2D eigenvalue weighted by molar-refractivity contribution is -0.119. The van der Waals surface area contributed by atoms with Gasteiger partial charge in [0.25, 0.3) is 0 Å². The van der Waals surface area contributed by atoms with Crippen LogP contribution in [-0.4, -0.2) is 36.0 Å². The summed E-state index contributed by atoms with van der Waals surface area (Å²) < 4.78 is 0. The Kier molecular flexibility index (Phi) is 6.64. The van der Waals surface area contributed by atoms with Crippen molar-refractivity contribution >= 4 is 11.9 Å². The summed E-state index contributed by atoms with van der Waals surface area (Å²) in [6, 6.07) is 8.54. The number of benzene rings is 1. The van der Waals surface area contributed by atoms with E-state index < -0.39 is 0 Å². The molecule has 2 atom stereocenters. The molecule has 0 bridgehead atoms. The van der Waals surface area contributed by atoms with Crippen molar-refractivity contribution in [1.82, 2.24) is 10.2 Å². The highest BCUT2D eigenvalue weighted by atomic mass is 16.2. The normalized spacial score (nSPS) is 18.9. The van der Waals surface area contributed by atoms with E-state index in [9.17, 15) is 9.59 Å². The minimum atomic E-state index is -0.284. The molecule has 3 N–H and O–H groups in total. The number of nitrogens with zero attached hydrogens (tertiary/aromatic N) is 1. The smallest absolute Gasteiger partial charge is 0.317 e. The Balaban J connectivity index is 1.88. The predicted molar refractivity (Wildman–Crippen MR) is 95.6 cm³/mol. The van der Waals surface area contributed by atoms with Crippen LogP contribution in [0.2, 0.25) is 0 Å². The van der Waals surface area contributed by atoms with E-state index in [1.807, 2.05) is 4.90 Å². The summed E-state index contributed by atoms with van der Waals surface area (Å²) in [6.07, 6.45) is 3.98. The lowest BCUT2D eigenvalue weighted by Crippen LogP contribution is -2.49. The summed E-state index contributed by atoms with van der Waals surface area (Å²) >= 11 is 0. The fourth-order valence-electron chi connectivity index (χ4n) is 3.27. The fraction of sp³-hybridized carbons (Fsp3) is 0.579. The van der Waals surface area contributed by atoms with Crippen molar-refractivity contribution in [3.05, 3.63) is 35.4 Å². The fourth-order valence-corrected chi connectivity index (χ4v) is 3.27. The monoisotopic (exact) mass is 331 g/mol. The minimum absolute atomic E-state index is 0.0249. The Bertz CT molecular complexity index is 556. The lowest BCUT2D eigenvalue weighted by atomic mass is 9.95. The Morgan fingerprint density at radius 3 is 2.67 bits per heavy atom. The van der Waals surface area contributed by atoms with Gasteiger partial charge in [-0.15, -0.1) is 0 Å². The number of amides is 3.